The van der Waals surface area contributed by atoms with Gasteiger partial charge >= 0.3 is 5.97 Å². The molecule has 1 aromatic heterocycles. The Bertz CT molecular complexity index is 1240. The minimum atomic E-state index is -0.944. The summed E-state index contributed by atoms with van der Waals surface area (Å²) in [5, 5.41) is 10.3. The molecule has 5 rings (SSSR count). The molecule has 162 valence electrons. The highest BCUT2D eigenvalue weighted by Gasteiger charge is 2.24. The first-order chi connectivity index (χ1) is 15.6. The normalized spacial score (nSPS) is 13.6. The molecule has 2 heterocycles. The Morgan fingerprint density at radius 1 is 1.03 bits per heavy atom. The lowest BCUT2D eigenvalue weighted by molar-refractivity contribution is -0.149. The van der Waals surface area contributed by atoms with Crippen LogP contribution in [-0.2, 0) is 22.5 Å². The molecule has 32 heavy (non-hydrogen) atoms. The molecule has 1 aliphatic heterocycles. The number of para-hydroxylation sites is 2. The van der Waals surface area contributed by atoms with Crippen LogP contribution < -0.4 is 4.90 Å². The van der Waals surface area contributed by atoms with Gasteiger partial charge in [-0.25, -0.2) is 4.79 Å². The van der Waals surface area contributed by atoms with Crippen LogP contribution >= 0.6 is 11.8 Å². The van der Waals surface area contributed by atoms with Crippen LogP contribution in [0.1, 0.15) is 18.2 Å². The van der Waals surface area contributed by atoms with E-state index < -0.39 is 12.1 Å². The molecule has 0 radical (unpaired) electrons. The van der Waals surface area contributed by atoms with E-state index in [1.165, 1.54) is 21.2 Å². The van der Waals surface area contributed by atoms with Gasteiger partial charge in [0.15, 0.2) is 6.10 Å². The van der Waals surface area contributed by atoms with E-state index in [1.54, 1.807) is 18.7 Å². The van der Waals surface area contributed by atoms with Crippen LogP contribution in [0.2, 0.25) is 0 Å². The van der Waals surface area contributed by atoms with Gasteiger partial charge < -0.3 is 19.2 Å². The first kappa shape index (κ1) is 20.7. The molecular weight excluding hydrogens is 422 g/mol. The molecule has 6 heteroatoms. The largest absolute Gasteiger partial charge is 0.479 e. The van der Waals surface area contributed by atoms with Crippen molar-refractivity contribution in [1.82, 2.24) is 0 Å². The van der Waals surface area contributed by atoms with Crippen molar-refractivity contribution in [2.75, 3.05) is 11.5 Å². The molecule has 1 atom stereocenters. The van der Waals surface area contributed by atoms with Crippen molar-refractivity contribution in [1.29, 1.82) is 0 Å². The predicted molar refractivity (Wildman–Crippen MR) is 126 cm³/mol. The van der Waals surface area contributed by atoms with Gasteiger partial charge in [-0.05, 0) is 55.0 Å². The van der Waals surface area contributed by atoms with Crippen molar-refractivity contribution in [3.8, 4) is 0 Å². The van der Waals surface area contributed by atoms with Gasteiger partial charge in [-0.1, -0.05) is 42.1 Å². The summed E-state index contributed by atoms with van der Waals surface area (Å²) in [5.74, 6) is -0.0895. The lowest BCUT2D eigenvalue weighted by atomic mass is 10.1. The molecule has 0 fully saturated rings. The third-order valence-electron chi connectivity index (χ3n) is 5.54. The molecule has 1 aliphatic rings. The Morgan fingerprint density at radius 3 is 2.38 bits per heavy atom. The number of carboxylic acids is 1. The van der Waals surface area contributed by atoms with Gasteiger partial charge in [-0.15, -0.1) is 0 Å². The predicted octanol–water partition coefficient (Wildman–Crippen LogP) is 6.27. The highest BCUT2D eigenvalue weighted by Crippen LogP contribution is 2.48. The molecule has 0 aliphatic carbocycles. The Kier molecular flexibility index (Phi) is 5.64. The summed E-state index contributed by atoms with van der Waals surface area (Å²) in [6.07, 6.45) is -0.522. The smallest absolute Gasteiger partial charge is 0.333 e. The van der Waals surface area contributed by atoms with Crippen molar-refractivity contribution in [2.45, 2.75) is 35.8 Å². The van der Waals surface area contributed by atoms with E-state index >= 15 is 0 Å². The molecular formula is C26H23NO4S. The van der Waals surface area contributed by atoms with E-state index in [0.29, 0.717) is 19.6 Å². The SMILES string of the molecule is CCOC(Cc1ccc2oc(CN3c4ccccc4Sc4ccccc43)cc2c1)C(=O)O. The van der Waals surface area contributed by atoms with Crippen LogP contribution in [0.5, 0.6) is 0 Å². The van der Waals surface area contributed by atoms with Gasteiger partial charge in [0.05, 0.1) is 17.9 Å². The summed E-state index contributed by atoms with van der Waals surface area (Å²) >= 11 is 1.78. The number of anilines is 2. The van der Waals surface area contributed by atoms with E-state index in [2.05, 4.69) is 53.4 Å². The first-order valence-corrected chi connectivity index (χ1v) is 11.4. The van der Waals surface area contributed by atoms with Crippen LogP contribution in [0.3, 0.4) is 0 Å². The first-order valence-electron chi connectivity index (χ1n) is 10.6. The lowest BCUT2D eigenvalue weighted by Crippen LogP contribution is -2.26. The van der Waals surface area contributed by atoms with E-state index in [4.69, 9.17) is 9.15 Å². The van der Waals surface area contributed by atoms with Gasteiger partial charge in [0.2, 0.25) is 0 Å². The van der Waals surface area contributed by atoms with Gasteiger partial charge in [-0.3, -0.25) is 0 Å². The highest BCUT2D eigenvalue weighted by atomic mass is 32.2. The van der Waals surface area contributed by atoms with E-state index in [-0.39, 0.29) is 0 Å². The Morgan fingerprint density at radius 2 is 1.72 bits per heavy atom. The number of hydrogen-bond donors (Lipinski definition) is 1. The van der Waals surface area contributed by atoms with Crippen LogP contribution in [0, 0.1) is 0 Å². The quantitative estimate of drug-likeness (QED) is 0.362. The molecule has 1 N–H and O–H groups in total. The van der Waals surface area contributed by atoms with E-state index in [1.807, 2.05) is 24.3 Å². The number of fused-ring (bicyclic) bond motifs is 3. The van der Waals surface area contributed by atoms with Crippen molar-refractivity contribution < 1.29 is 19.1 Å². The molecule has 0 amide bonds. The second kappa shape index (κ2) is 8.73. The number of nitrogens with zero attached hydrogens (tertiary/aromatic N) is 1. The van der Waals surface area contributed by atoms with Gasteiger partial charge in [0.25, 0.3) is 0 Å². The Labute approximate surface area is 190 Å². The molecule has 3 aromatic carbocycles. The average Bonchev–Trinajstić information content (AvgIpc) is 3.20. The third kappa shape index (κ3) is 3.99. The highest BCUT2D eigenvalue weighted by molar-refractivity contribution is 7.99. The second-order valence-electron chi connectivity index (χ2n) is 7.69. The Hall–Kier alpha value is -3.22. The van der Waals surface area contributed by atoms with E-state index in [9.17, 15) is 9.90 Å². The minimum absolute atomic E-state index is 0.323. The number of benzene rings is 3. The average molecular weight is 446 g/mol. The fraction of sp³-hybridized carbons (Fsp3) is 0.192. The maximum absolute atomic E-state index is 11.4. The number of aliphatic carboxylic acids is 1. The van der Waals surface area contributed by atoms with Crippen LogP contribution in [0.25, 0.3) is 11.0 Å². The molecule has 0 saturated heterocycles. The zero-order valence-electron chi connectivity index (χ0n) is 17.7. The Balaban J connectivity index is 1.45. The summed E-state index contributed by atoms with van der Waals surface area (Å²) in [4.78, 5) is 16.2. The van der Waals surface area contributed by atoms with E-state index in [0.717, 1.165) is 22.3 Å². The fourth-order valence-electron chi connectivity index (χ4n) is 4.09. The maximum atomic E-state index is 11.4. The maximum Gasteiger partial charge on any atom is 0.333 e. The number of carbonyl (C=O) groups is 1. The second-order valence-corrected chi connectivity index (χ2v) is 8.78. The summed E-state index contributed by atoms with van der Waals surface area (Å²) in [6, 6.07) is 24.7. The van der Waals surface area contributed by atoms with Crippen molar-refractivity contribution in [3.63, 3.8) is 0 Å². The van der Waals surface area contributed by atoms with Gasteiger partial charge in [0.1, 0.15) is 11.3 Å². The summed E-state index contributed by atoms with van der Waals surface area (Å²) in [7, 11) is 0. The summed E-state index contributed by atoms with van der Waals surface area (Å²) in [6.45, 7) is 2.78. The molecule has 0 bridgehead atoms. The van der Waals surface area contributed by atoms with Crippen molar-refractivity contribution in [3.05, 3.63) is 84.1 Å². The van der Waals surface area contributed by atoms with Crippen molar-refractivity contribution >= 4 is 40.1 Å². The van der Waals surface area contributed by atoms with Gasteiger partial charge in [0, 0.05) is 28.2 Å². The zero-order chi connectivity index (χ0) is 22.1. The van der Waals surface area contributed by atoms with Crippen LogP contribution in [-0.4, -0.2) is 23.8 Å². The third-order valence-corrected chi connectivity index (χ3v) is 6.67. The number of furan rings is 1. The number of rotatable bonds is 7. The number of carboxylic acid groups (broad SMARTS) is 1. The van der Waals surface area contributed by atoms with Crippen LogP contribution in [0.15, 0.2) is 87.0 Å². The lowest BCUT2D eigenvalue weighted by Gasteiger charge is -2.32. The van der Waals surface area contributed by atoms with Crippen molar-refractivity contribution in [2.24, 2.45) is 0 Å². The molecule has 0 spiro atoms. The molecule has 4 aromatic rings. The van der Waals surface area contributed by atoms with Crippen LogP contribution in [0.4, 0.5) is 11.4 Å². The molecule has 1 unspecified atom stereocenters. The molecule has 5 nitrogen and oxygen atoms in total. The summed E-state index contributed by atoms with van der Waals surface area (Å²) in [5.41, 5.74) is 4.03. The standard InChI is InChI=1S/C26H23NO4S/c1-2-30-23(26(28)29)14-17-11-12-22-18(13-17)15-19(31-22)16-27-20-7-3-5-9-24(20)32-25-10-6-4-8-21(25)27/h3-13,15,23H,2,14,16H2,1H3,(H,28,29). The number of ether oxygens (including phenoxy) is 1. The number of hydrogen-bond acceptors (Lipinski definition) is 5. The zero-order valence-corrected chi connectivity index (χ0v) is 18.5. The topological polar surface area (TPSA) is 62.9 Å². The monoisotopic (exact) mass is 445 g/mol. The minimum Gasteiger partial charge on any atom is -0.479 e. The molecule has 0 saturated carbocycles. The summed E-state index contributed by atoms with van der Waals surface area (Å²) < 4.78 is 11.5. The van der Waals surface area contributed by atoms with Gasteiger partial charge in [-0.2, -0.15) is 0 Å². The fourth-order valence-corrected chi connectivity index (χ4v) is 5.19.